The molecule has 1 aliphatic heterocycles. The van der Waals surface area contributed by atoms with Crippen LogP contribution in [0.1, 0.15) is 29.2 Å². The zero-order chi connectivity index (χ0) is 26.2. The van der Waals surface area contributed by atoms with Crippen molar-refractivity contribution in [3.63, 3.8) is 0 Å². The molecule has 0 amide bonds. The highest BCUT2D eigenvalue weighted by Gasteiger charge is 2.26. The lowest BCUT2D eigenvalue weighted by Gasteiger charge is -2.32. The second kappa shape index (κ2) is 12.6. The van der Waals surface area contributed by atoms with E-state index in [1.165, 1.54) is 16.7 Å². The maximum absolute atomic E-state index is 6.23. The lowest BCUT2D eigenvalue weighted by Crippen LogP contribution is -2.33. The molecule has 0 aliphatic carbocycles. The van der Waals surface area contributed by atoms with E-state index in [2.05, 4.69) is 89.1 Å². The van der Waals surface area contributed by atoms with E-state index < -0.39 is 0 Å². The fourth-order valence-corrected chi connectivity index (χ4v) is 5.16. The minimum Gasteiger partial charge on any atom is -0.493 e. The van der Waals surface area contributed by atoms with Gasteiger partial charge in [0.15, 0.2) is 11.5 Å². The summed E-state index contributed by atoms with van der Waals surface area (Å²) in [6, 6.07) is 33.9. The van der Waals surface area contributed by atoms with Crippen LogP contribution in [0.4, 0.5) is 0 Å². The molecule has 1 atom stereocenters. The summed E-state index contributed by atoms with van der Waals surface area (Å²) < 4.78 is 17.9. The first-order chi connectivity index (χ1) is 18.8. The van der Waals surface area contributed by atoms with Gasteiger partial charge in [-0.15, -0.1) is 0 Å². The van der Waals surface area contributed by atoms with Gasteiger partial charge in [0.2, 0.25) is 5.75 Å². The molecule has 4 aromatic rings. The summed E-state index contributed by atoms with van der Waals surface area (Å²) >= 11 is 0. The molecule has 0 saturated carbocycles. The third-order valence-electron chi connectivity index (χ3n) is 7.10. The minimum atomic E-state index is 0.0608. The van der Waals surface area contributed by atoms with Gasteiger partial charge in [-0.05, 0) is 52.9 Å². The largest absolute Gasteiger partial charge is 0.493 e. The Morgan fingerprint density at radius 2 is 1.34 bits per heavy atom. The molecule has 196 valence electrons. The summed E-state index contributed by atoms with van der Waals surface area (Å²) in [5, 5.41) is 3.54. The zero-order valence-corrected chi connectivity index (χ0v) is 22.2. The highest BCUT2D eigenvalue weighted by Crippen LogP contribution is 2.43. The molecule has 1 N–H and O–H groups in total. The van der Waals surface area contributed by atoms with Crippen LogP contribution in [0.15, 0.2) is 97.1 Å². The quantitative estimate of drug-likeness (QED) is 0.286. The first-order valence-electron chi connectivity index (χ1n) is 13.3. The first-order valence-corrected chi connectivity index (χ1v) is 13.3. The Labute approximate surface area is 226 Å². The molecule has 4 aromatic carbocycles. The van der Waals surface area contributed by atoms with Gasteiger partial charge in [-0.3, -0.25) is 4.90 Å². The SMILES string of the molecule is COc1cc(C(c2ccc(-c3ccccc3)cc2)N2CCCNCC2)cc(OC)c1OCc1ccccc1. The third-order valence-corrected chi connectivity index (χ3v) is 7.10. The molecule has 1 heterocycles. The van der Waals surface area contributed by atoms with E-state index in [-0.39, 0.29) is 6.04 Å². The molecule has 1 saturated heterocycles. The normalized spacial score (nSPS) is 14.9. The lowest BCUT2D eigenvalue weighted by molar-refractivity contribution is 0.237. The highest BCUT2D eigenvalue weighted by molar-refractivity contribution is 5.64. The van der Waals surface area contributed by atoms with Crippen LogP contribution in [0.2, 0.25) is 0 Å². The third kappa shape index (κ3) is 6.01. The highest BCUT2D eigenvalue weighted by atomic mass is 16.5. The maximum Gasteiger partial charge on any atom is 0.203 e. The molecule has 5 rings (SSSR count). The Balaban J connectivity index is 1.51. The van der Waals surface area contributed by atoms with Crippen LogP contribution in [0.25, 0.3) is 11.1 Å². The van der Waals surface area contributed by atoms with Gasteiger partial charge in [0, 0.05) is 19.6 Å². The smallest absolute Gasteiger partial charge is 0.203 e. The van der Waals surface area contributed by atoms with E-state index >= 15 is 0 Å². The lowest BCUT2D eigenvalue weighted by atomic mass is 9.94. The number of hydrogen-bond acceptors (Lipinski definition) is 5. The molecule has 0 radical (unpaired) electrons. The second-order valence-corrected chi connectivity index (χ2v) is 9.56. The summed E-state index contributed by atoms with van der Waals surface area (Å²) in [4.78, 5) is 2.55. The van der Waals surface area contributed by atoms with Crippen LogP contribution in [0.5, 0.6) is 17.2 Å². The van der Waals surface area contributed by atoms with Crippen molar-refractivity contribution in [1.82, 2.24) is 10.2 Å². The standard InChI is InChI=1S/C33H36N2O3/c1-36-30-22-29(23-31(37-2)33(30)38-24-25-10-5-3-6-11-25)32(35-20-9-18-34-19-21-35)28-16-14-27(15-17-28)26-12-7-4-8-13-26/h3-8,10-17,22-23,32,34H,9,18-21,24H2,1-2H3. The molecule has 1 fully saturated rings. The number of benzene rings is 4. The number of rotatable bonds is 9. The molecule has 1 unspecified atom stereocenters. The number of methoxy groups -OCH3 is 2. The molecule has 0 spiro atoms. The number of hydrogen-bond donors (Lipinski definition) is 1. The Hall–Kier alpha value is -3.80. The van der Waals surface area contributed by atoms with E-state index in [0.29, 0.717) is 23.9 Å². The van der Waals surface area contributed by atoms with Gasteiger partial charge in [-0.2, -0.15) is 0 Å². The van der Waals surface area contributed by atoms with Gasteiger partial charge < -0.3 is 19.5 Å². The van der Waals surface area contributed by atoms with Crippen molar-refractivity contribution in [3.05, 3.63) is 114 Å². The van der Waals surface area contributed by atoms with Crippen molar-refractivity contribution in [1.29, 1.82) is 0 Å². The van der Waals surface area contributed by atoms with Crippen molar-refractivity contribution in [2.24, 2.45) is 0 Å². The fourth-order valence-electron chi connectivity index (χ4n) is 5.16. The van der Waals surface area contributed by atoms with Crippen LogP contribution in [0.3, 0.4) is 0 Å². The topological polar surface area (TPSA) is 43.0 Å². The molecule has 0 bridgehead atoms. The average molecular weight is 509 g/mol. The van der Waals surface area contributed by atoms with Crippen molar-refractivity contribution in [2.45, 2.75) is 19.1 Å². The van der Waals surface area contributed by atoms with Crippen LogP contribution in [-0.2, 0) is 6.61 Å². The maximum atomic E-state index is 6.23. The first kappa shape index (κ1) is 25.8. The van der Waals surface area contributed by atoms with E-state index in [1.807, 2.05) is 18.2 Å². The van der Waals surface area contributed by atoms with Crippen molar-refractivity contribution in [2.75, 3.05) is 40.4 Å². The molecule has 0 aromatic heterocycles. The summed E-state index contributed by atoms with van der Waals surface area (Å²) in [5.41, 5.74) is 5.89. The molecule has 1 aliphatic rings. The zero-order valence-electron chi connectivity index (χ0n) is 22.2. The second-order valence-electron chi connectivity index (χ2n) is 9.56. The van der Waals surface area contributed by atoms with E-state index in [0.717, 1.165) is 43.7 Å². The predicted molar refractivity (Wildman–Crippen MR) is 153 cm³/mol. The Morgan fingerprint density at radius 1 is 0.711 bits per heavy atom. The molecular formula is C33H36N2O3. The Kier molecular flexibility index (Phi) is 8.59. The van der Waals surface area contributed by atoms with Crippen molar-refractivity contribution < 1.29 is 14.2 Å². The molecular weight excluding hydrogens is 472 g/mol. The molecule has 38 heavy (non-hydrogen) atoms. The number of nitrogens with zero attached hydrogens (tertiary/aromatic N) is 1. The summed E-state index contributed by atoms with van der Waals surface area (Å²) in [6.45, 7) is 4.41. The summed E-state index contributed by atoms with van der Waals surface area (Å²) in [7, 11) is 3.38. The Morgan fingerprint density at radius 3 is 2.00 bits per heavy atom. The van der Waals surface area contributed by atoms with Gasteiger partial charge in [-0.25, -0.2) is 0 Å². The summed E-state index contributed by atoms with van der Waals surface area (Å²) in [6.07, 6.45) is 1.10. The van der Waals surface area contributed by atoms with Gasteiger partial charge in [-0.1, -0.05) is 84.9 Å². The van der Waals surface area contributed by atoms with Crippen LogP contribution < -0.4 is 19.5 Å². The minimum absolute atomic E-state index is 0.0608. The van der Waals surface area contributed by atoms with E-state index in [1.54, 1.807) is 14.2 Å². The number of ether oxygens (including phenoxy) is 3. The van der Waals surface area contributed by atoms with E-state index in [9.17, 15) is 0 Å². The molecule has 5 heteroatoms. The van der Waals surface area contributed by atoms with Gasteiger partial charge in [0.05, 0.1) is 20.3 Å². The van der Waals surface area contributed by atoms with Crippen LogP contribution in [0, 0.1) is 0 Å². The molecule has 5 nitrogen and oxygen atoms in total. The van der Waals surface area contributed by atoms with Crippen molar-refractivity contribution >= 4 is 0 Å². The van der Waals surface area contributed by atoms with Gasteiger partial charge in [0.25, 0.3) is 0 Å². The summed E-state index contributed by atoms with van der Waals surface area (Å²) in [5.74, 6) is 1.97. The van der Waals surface area contributed by atoms with Crippen LogP contribution in [-0.4, -0.2) is 45.3 Å². The number of nitrogens with one attached hydrogen (secondary N) is 1. The van der Waals surface area contributed by atoms with Crippen LogP contribution >= 0.6 is 0 Å². The van der Waals surface area contributed by atoms with Crippen molar-refractivity contribution in [3.8, 4) is 28.4 Å². The Bertz CT molecular complexity index is 1260. The average Bonchev–Trinajstić information content (AvgIpc) is 3.27. The van der Waals surface area contributed by atoms with E-state index in [4.69, 9.17) is 14.2 Å². The van der Waals surface area contributed by atoms with Gasteiger partial charge in [0.1, 0.15) is 6.61 Å². The fraction of sp³-hybridized carbons (Fsp3) is 0.273. The predicted octanol–water partition coefficient (Wildman–Crippen LogP) is 6.33. The monoisotopic (exact) mass is 508 g/mol. The van der Waals surface area contributed by atoms with Gasteiger partial charge >= 0.3 is 0 Å².